The van der Waals surface area contributed by atoms with E-state index in [0.29, 0.717) is 28.1 Å². The van der Waals surface area contributed by atoms with E-state index in [4.69, 9.17) is 25.8 Å². The van der Waals surface area contributed by atoms with Crippen LogP contribution in [0.2, 0.25) is 4.34 Å². The van der Waals surface area contributed by atoms with Gasteiger partial charge >= 0.3 is 6.03 Å². The highest BCUT2D eigenvalue weighted by atomic mass is 35.5. The van der Waals surface area contributed by atoms with Gasteiger partial charge in [-0.15, -0.1) is 11.3 Å². The lowest BCUT2D eigenvalue weighted by Crippen LogP contribution is -2.36. The molecule has 0 aliphatic carbocycles. The molecule has 1 aromatic carbocycles. The summed E-state index contributed by atoms with van der Waals surface area (Å²) in [7, 11) is 6.42. The average Bonchev–Trinajstić information content (AvgIpc) is 3.03. The molecule has 0 atom stereocenters. The summed E-state index contributed by atoms with van der Waals surface area (Å²) in [5, 5.41) is 2.87. The maximum Gasteiger partial charge on any atom is 0.317 e. The molecule has 0 unspecified atom stereocenters. The van der Waals surface area contributed by atoms with Crippen LogP contribution in [-0.2, 0) is 13.1 Å². The largest absolute Gasteiger partial charge is 0.496 e. The molecule has 6 nitrogen and oxygen atoms in total. The molecular formula is C17H21ClN2O4S. The quantitative estimate of drug-likeness (QED) is 0.789. The number of hydrogen-bond acceptors (Lipinski definition) is 5. The zero-order valence-electron chi connectivity index (χ0n) is 14.6. The summed E-state index contributed by atoms with van der Waals surface area (Å²) in [6.45, 7) is 0.755. The van der Waals surface area contributed by atoms with Crippen molar-refractivity contribution in [2.75, 3.05) is 28.4 Å². The van der Waals surface area contributed by atoms with Gasteiger partial charge in [-0.05, 0) is 12.1 Å². The molecule has 0 spiro atoms. The predicted molar refractivity (Wildman–Crippen MR) is 99.1 cm³/mol. The molecule has 0 saturated carbocycles. The number of methoxy groups -OCH3 is 3. The van der Waals surface area contributed by atoms with Crippen molar-refractivity contribution in [3.05, 3.63) is 39.0 Å². The van der Waals surface area contributed by atoms with E-state index in [-0.39, 0.29) is 12.6 Å². The van der Waals surface area contributed by atoms with Gasteiger partial charge in [-0.25, -0.2) is 4.79 Å². The van der Waals surface area contributed by atoms with Gasteiger partial charge < -0.3 is 24.4 Å². The Morgan fingerprint density at radius 1 is 1.16 bits per heavy atom. The van der Waals surface area contributed by atoms with Crippen molar-refractivity contribution in [3.8, 4) is 17.2 Å². The molecule has 2 aromatic rings. The zero-order chi connectivity index (χ0) is 18.4. The molecular weight excluding hydrogens is 364 g/mol. The number of carbonyl (C=O) groups excluding carboxylic acids is 1. The van der Waals surface area contributed by atoms with Crippen molar-refractivity contribution < 1.29 is 19.0 Å². The molecule has 1 heterocycles. The van der Waals surface area contributed by atoms with E-state index in [0.717, 1.165) is 10.4 Å². The molecule has 0 aliphatic heterocycles. The number of urea groups is 1. The summed E-state index contributed by atoms with van der Waals surface area (Å²) < 4.78 is 16.7. The average molecular weight is 385 g/mol. The van der Waals surface area contributed by atoms with Gasteiger partial charge in [-0.3, -0.25) is 0 Å². The number of hydrogen-bond donors (Lipinski definition) is 1. The minimum atomic E-state index is -0.204. The minimum Gasteiger partial charge on any atom is -0.496 e. The first-order chi connectivity index (χ1) is 12.0. The van der Waals surface area contributed by atoms with Crippen LogP contribution >= 0.6 is 22.9 Å². The normalized spacial score (nSPS) is 10.3. The Bertz CT molecular complexity index is 710. The van der Waals surface area contributed by atoms with Gasteiger partial charge in [0.25, 0.3) is 0 Å². The van der Waals surface area contributed by atoms with Crippen molar-refractivity contribution in [2.24, 2.45) is 0 Å². The highest BCUT2D eigenvalue weighted by Crippen LogP contribution is 2.33. The lowest BCUT2D eigenvalue weighted by atomic mass is 10.1. The van der Waals surface area contributed by atoms with Crippen LogP contribution in [0.15, 0.2) is 24.3 Å². The Labute approximate surface area is 156 Å². The van der Waals surface area contributed by atoms with E-state index >= 15 is 0 Å². The van der Waals surface area contributed by atoms with Gasteiger partial charge in [0.05, 0.1) is 44.3 Å². The van der Waals surface area contributed by atoms with Gasteiger partial charge in [0, 0.05) is 24.1 Å². The topological polar surface area (TPSA) is 60.0 Å². The van der Waals surface area contributed by atoms with E-state index in [2.05, 4.69) is 5.32 Å². The van der Waals surface area contributed by atoms with E-state index in [1.807, 2.05) is 12.1 Å². The fourth-order valence-corrected chi connectivity index (χ4v) is 3.43. The summed E-state index contributed by atoms with van der Waals surface area (Å²) in [4.78, 5) is 14.9. The van der Waals surface area contributed by atoms with Crippen LogP contribution in [0.1, 0.15) is 10.4 Å². The SMILES string of the molecule is COc1cc(OC)c(CNC(=O)N(C)Cc2ccc(Cl)s2)c(OC)c1. The predicted octanol–water partition coefficient (Wildman–Crippen LogP) is 3.77. The Balaban J connectivity index is 2.05. The number of carbonyl (C=O) groups is 1. The second-order valence-electron chi connectivity index (χ2n) is 5.23. The minimum absolute atomic E-state index is 0.204. The molecule has 0 saturated heterocycles. The first-order valence-electron chi connectivity index (χ1n) is 7.50. The number of thiophene rings is 1. The number of benzene rings is 1. The molecule has 0 radical (unpaired) electrons. The fourth-order valence-electron chi connectivity index (χ4n) is 2.29. The third-order valence-electron chi connectivity index (χ3n) is 3.60. The van der Waals surface area contributed by atoms with Crippen LogP contribution < -0.4 is 19.5 Å². The standard InChI is InChI=1S/C17H21ClN2O4S/c1-20(10-12-5-6-16(18)25-12)17(21)19-9-13-14(23-3)7-11(22-2)8-15(13)24-4/h5-8H,9-10H2,1-4H3,(H,19,21). The van der Waals surface area contributed by atoms with Gasteiger partial charge in [0.1, 0.15) is 17.2 Å². The van der Waals surface area contributed by atoms with E-state index < -0.39 is 0 Å². The van der Waals surface area contributed by atoms with E-state index in [1.165, 1.54) is 11.3 Å². The summed E-state index contributed by atoms with van der Waals surface area (Å²) in [5.41, 5.74) is 0.742. The molecule has 1 aromatic heterocycles. The molecule has 2 amide bonds. The van der Waals surface area contributed by atoms with Crippen LogP contribution in [0.25, 0.3) is 0 Å². The molecule has 136 valence electrons. The molecule has 25 heavy (non-hydrogen) atoms. The van der Waals surface area contributed by atoms with Gasteiger partial charge in [-0.1, -0.05) is 11.6 Å². The van der Waals surface area contributed by atoms with Gasteiger partial charge in [-0.2, -0.15) is 0 Å². The second-order valence-corrected chi connectivity index (χ2v) is 7.03. The van der Waals surface area contributed by atoms with Crippen molar-refractivity contribution in [2.45, 2.75) is 13.1 Å². The number of rotatable bonds is 7. The Morgan fingerprint density at radius 3 is 2.28 bits per heavy atom. The molecule has 8 heteroatoms. The molecule has 0 bridgehead atoms. The van der Waals surface area contributed by atoms with Gasteiger partial charge in [0.15, 0.2) is 0 Å². The number of ether oxygens (including phenoxy) is 3. The maximum absolute atomic E-state index is 12.3. The number of nitrogens with zero attached hydrogens (tertiary/aromatic N) is 1. The van der Waals surface area contributed by atoms with Crippen LogP contribution in [0, 0.1) is 0 Å². The van der Waals surface area contributed by atoms with Crippen molar-refractivity contribution >= 4 is 29.0 Å². The Hall–Kier alpha value is -2.12. The maximum atomic E-state index is 12.3. The third-order valence-corrected chi connectivity index (χ3v) is 4.82. The lowest BCUT2D eigenvalue weighted by molar-refractivity contribution is 0.206. The molecule has 0 fully saturated rings. The van der Waals surface area contributed by atoms with E-state index in [9.17, 15) is 4.79 Å². The smallest absolute Gasteiger partial charge is 0.317 e. The first-order valence-corrected chi connectivity index (χ1v) is 8.70. The Kier molecular flexibility index (Phi) is 6.78. The fraction of sp³-hybridized carbons (Fsp3) is 0.353. The molecule has 0 aliphatic rings. The highest BCUT2D eigenvalue weighted by molar-refractivity contribution is 7.16. The lowest BCUT2D eigenvalue weighted by Gasteiger charge is -2.19. The van der Waals surface area contributed by atoms with Crippen molar-refractivity contribution in [1.82, 2.24) is 10.2 Å². The zero-order valence-corrected chi connectivity index (χ0v) is 16.2. The van der Waals surface area contributed by atoms with Gasteiger partial charge in [0.2, 0.25) is 0 Å². The Morgan fingerprint density at radius 2 is 1.80 bits per heavy atom. The summed E-state index contributed by atoms with van der Waals surface area (Å²) in [5.74, 6) is 1.80. The molecule has 1 N–H and O–H groups in total. The summed E-state index contributed by atoms with van der Waals surface area (Å²) >= 11 is 7.37. The van der Waals surface area contributed by atoms with Crippen LogP contribution in [0.5, 0.6) is 17.2 Å². The number of nitrogens with one attached hydrogen (secondary N) is 1. The third kappa shape index (κ3) is 4.93. The molecule has 2 rings (SSSR count). The highest BCUT2D eigenvalue weighted by Gasteiger charge is 2.16. The summed E-state index contributed by atoms with van der Waals surface area (Å²) in [6, 6.07) is 7.03. The van der Waals surface area contributed by atoms with Crippen LogP contribution in [0.3, 0.4) is 0 Å². The second kappa shape index (κ2) is 8.82. The van der Waals surface area contributed by atoms with Crippen LogP contribution in [0.4, 0.5) is 4.79 Å². The summed E-state index contributed by atoms with van der Waals surface area (Å²) in [6.07, 6.45) is 0. The number of halogens is 1. The monoisotopic (exact) mass is 384 g/mol. The van der Waals surface area contributed by atoms with E-state index in [1.54, 1.807) is 45.4 Å². The van der Waals surface area contributed by atoms with Crippen LogP contribution in [-0.4, -0.2) is 39.3 Å². The van der Waals surface area contributed by atoms with Crippen molar-refractivity contribution in [1.29, 1.82) is 0 Å². The first kappa shape index (κ1) is 19.2. The number of amides is 2. The van der Waals surface area contributed by atoms with Crippen molar-refractivity contribution in [3.63, 3.8) is 0 Å².